The Balaban J connectivity index is 2.19. The van der Waals surface area contributed by atoms with Crippen molar-refractivity contribution >= 4 is 11.5 Å². The van der Waals surface area contributed by atoms with Crippen LogP contribution in [-0.2, 0) is 0 Å². The summed E-state index contributed by atoms with van der Waals surface area (Å²) in [6.45, 7) is 9.97. The maximum atomic E-state index is 6.09. The van der Waals surface area contributed by atoms with Crippen LogP contribution in [-0.4, -0.2) is 30.9 Å². The van der Waals surface area contributed by atoms with E-state index in [-0.39, 0.29) is 0 Å². The first kappa shape index (κ1) is 17.9. The highest BCUT2D eigenvalue weighted by molar-refractivity contribution is 5.91. The van der Waals surface area contributed by atoms with Crippen molar-refractivity contribution in [2.75, 3.05) is 20.2 Å². The molecule has 0 bridgehead atoms. The van der Waals surface area contributed by atoms with Crippen LogP contribution >= 0.6 is 0 Å². The number of nitrogens with two attached hydrogens (primary N) is 1. The molecule has 5 heteroatoms. The third-order valence-electron chi connectivity index (χ3n) is 4.13. The van der Waals surface area contributed by atoms with E-state index >= 15 is 0 Å². The summed E-state index contributed by atoms with van der Waals surface area (Å²) in [5, 5.41) is 3.17. The number of hydrogen-bond donors (Lipinski definition) is 2. The molecule has 0 aliphatic carbocycles. The molecule has 1 aromatic carbocycles. The molecule has 0 radical (unpaired) electrons. The van der Waals surface area contributed by atoms with Gasteiger partial charge in [0, 0.05) is 25.7 Å². The Labute approximate surface area is 144 Å². The molecular formula is C19H28N4O. The number of hydrogen-bond acceptors (Lipinski definition) is 4. The van der Waals surface area contributed by atoms with Crippen molar-refractivity contribution in [3.05, 3.63) is 47.9 Å². The molecular weight excluding hydrogens is 300 g/mol. The van der Waals surface area contributed by atoms with E-state index in [0.29, 0.717) is 5.82 Å². The number of nitrogens with zero attached hydrogens (tertiary/aromatic N) is 2. The SMILES string of the molecule is C=C(c1ccc(OCCCC)cc1)N(C(C)=NC)C1=C(N)NCC1. The first-order chi connectivity index (χ1) is 11.6. The van der Waals surface area contributed by atoms with Crippen LogP contribution in [0.4, 0.5) is 0 Å². The van der Waals surface area contributed by atoms with E-state index in [1.165, 1.54) is 0 Å². The Morgan fingerprint density at radius 1 is 1.38 bits per heavy atom. The normalized spacial score (nSPS) is 14.5. The molecule has 0 spiro atoms. The van der Waals surface area contributed by atoms with E-state index in [9.17, 15) is 0 Å². The van der Waals surface area contributed by atoms with E-state index in [1.54, 1.807) is 7.05 Å². The first-order valence-electron chi connectivity index (χ1n) is 8.46. The fourth-order valence-electron chi connectivity index (χ4n) is 2.65. The number of ether oxygens (including phenoxy) is 1. The lowest BCUT2D eigenvalue weighted by Gasteiger charge is -2.27. The second-order valence-electron chi connectivity index (χ2n) is 5.82. The maximum Gasteiger partial charge on any atom is 0.119 e. The van der Waals surface area contributed by atoms with Gasteiger partial charge in [0.05, 0.1) is 12.3 Å². The fraction of sp³-hybridized carbons (Fsp3) is 0.421. The molecule has 0 amide bonds. The van der Waals surface area contributed by atoms with E-state index in [2.05, 4.69) is 23.8 Å². The monoisotopic (exact) mass is 328 g/mol. The first-order valence-corrected chi connectivity index (χ1v) is 8.46. The maximum absolute atomic E-state index is 6.09. The quantitative estimate of drug-likeness (QED) is 0.458. The molecule has 1 heterocycles. The lowest BCUT2D eigenvalue weighted by Crippen LogP contribution is -2.28. The van der Waals surface area contributed by atoms with Crippen LogP contribution in [0.1, 0.15) is 38.7 Å². The molecule has 2 rings (SSSR count). The fourth-order valence-corrected chi connectivity index (χ4v) is 2.65. The van der Waals surface area contributed by atoms with Gasteiger partial charge in [0.25, 0.3) is 0 Å². The van der Waals surface area contributed by atoms with Crippen LogP contribution in [0.2, 0.25) is 0 Å². The molecule has 0 saturated heterocycles. The molecule has 1 aromatic rings. The lowest BCUT2D eigenvalue weighted by molar-refractivity contribution is 0.309. The van der Waals surface area contributed by atoms with E-state index in [1.807, 2.05) is 36.1 Å². The van der Waals surface area contributed by atoms with Gasteiger partial charge in [-0.05, 0) is 43.2 Å². The number of rotatable bonds is 7. The third-order valence-corrected chi connectivity index (χ3v) is 4.13. The number of benzene rings is 1. The van der Waals surface area contributed by atoms with E-state index in [0.717, 1.165) is 61.0 Å². The molecule has 1 aliphatic heterocycles. The highest BCUT2D eigenvalue weighted by Gasteiger charge is 2.23. The summed E-state index contributed by atoms with van der Waals surface area (Å²) >= 11 is 0. The smallest absolute Gasteiger partial charge is 0.119 e. The summed E-state index contributed by atoms with van der Waals surface area (Å²) in [5.74, 6) is 2.44. The van der Waals surface area contributed by atoms with Gasteiger partial charge in [-0.1, -0.05) is 19.9 Å². The largest absolute Gasteiger partial charge is 0.494 e. The van der Waals surface area contributed by atoms with Gasteiger partial charge >= 0.3 is 0 Å². The van der Waals surface area contributed by atoms with Gasteiger partial charge in [-0.25, -0.2) is 0 Å². The second-order valence-corrected chi connectivity index (χ2v) is 5.82. The summed E-state index contributed by atoms with van der Waals surface area (Å²) in [7, 11) is 1.78. The van der Waals surface area contributed by atoms with Crippen molar-refractivity contribution in [3.8, 4) is 5.75 Å². The van der Waals surface area contributed by atoms with Crippen molar-refractivity contribution in [3.63, 3.8) is 0 Å². The molecule has 130 valence electrons. The van der Waals surface area contributed by atoms with Crippen LogP contribution in [0.5, 0.6) is 5.75 Å². The molecule has 5 nitrogen and oxygen atoms in total. The highest BCUT2D eigenvalue weighted by atomic mass is 16.5. The number of amidine groups is 1. The second kappa shape index (κ2) is 8.43. The van der Waals surface area contributed by atoms with Crippen molar-refractivity contribution in [1.82, 2.24) is 10.2 Å². The van der Waals surface area contributed by atoms with Crippen molar-refractivity contribution < 1.29 is 4.74 Å². The summed E-state index contributed by atoms with van der Waals surface area (Å²) in [5.41, 5.74) is 8.99. The Hall–Kier alpha value is -2.43. The van der Waals surface area contributed by atoms with Crippen LogP contribution < -0.4 is 15.8 Å². The zero-order valence-corrected chi connectivity index (χ0v) is 14.9. The Morgan fingerprint density at radius 3 is 2.62 bits per heavy atom. The van der Waals surface area contributed by atoms with Crippen LogP contribution in [0.3, 0.4) is 0 Å². The zero-order chi connectivity index (χ0) is 17.5. The summed E-state index contributed by atoms with van der Waals surface area (Å²) < 4.78 is 5.72. The minimum Gasteiger partial charge on any atom is -0.494 e. The average molecular weight is 328 g/mol. The highest BCUT2D eigenvalue weighted by Crippen LogP contribution is 2.28. The number of nitrogens with one attached hydrogen (secondary N) is 1. The van der Waals surface area contributed by atoms with Gasteiger partial charge in [-0.2, -0.15) is 0 Å². The van der Waals surface area contributed by atoms with E-state index in [4.69, 9.17) is 10.5 Å². The standard InChI is InChI=1S/C19H28N4O/c1-5-6-13-24-17-9-7-16(8-10-17)14(2)23(15(3)21-4)18-11-12-22-19(18)20/h7-10,22H,2,5-6,11-13,20H2,1,3-4H3. The summed E-state index contributed by atoms with van der Waals surface area (Å²) in [6.07, 6.45) is 3.05. The van der Waals surface area contributed by atoms with E-state index < -0.39 is 0 Å². The summed E-state index contributed by atoms with van der Waals surface area (Å²) in [6, 6.07) is 8.02. The topological polar surface area (TPSA) is 62.9 Å². The van der Waals surface area contributed by atoms with Gasteiger partial charge in [0.15, 0.2) is 0 Å². The predicted molar refractivity (Wildman–Crippen MR) is 101 cm³/mol. The molecule has 0 saturated carbocycles. The predicted octanol–water partition coefficient (Wildman–Crippen LogP) is 3.31. The van der Waals surface area contributed by atoms with Crippen LogP contribution in [0.15, 0.2) is 47.4 Å². The lowest BCUT2D eigenvalue weighted by atomic mass is 10.1. The molecule has 0 atom stereocenters. The number of aliphatic imine (C=N–C) groups is 1. The minimum absolute atomic E-state index is 0.693. The van der Waals surface area contributed by atoms with Gasteiger partial charge in [-0.3, -0.25) is 9.89 Å². The molecule has 24 heavy (non-hydrogen) atoms. The van der Waals surface area contributed by atoms with Gasteiger partial charge in [-0.15, -0.1) is 0 Å². The molecule has 0 fully saturated rings. The van der Waals surface area contributed by atoms with Crippen molar-refractivity contribution in [1.29, 1.82) is 0 Å². The van der Waals surface area contributed by atoms with Gasteiger partial charge < -0.3 is 15.8 Å². The van der Waals surface area contributed by atoms with Crippen molar-refractivity contribution in [2.24, 2.45) is 10.7 Å². The Kier molecular flexibility index (Phi) is 6.29. The molecule has 0 aromatic heterocycles. The van der Waals surface area contributed by atoms with Crippen LogP contribution in [0, 0.1) is 0 Å². The Morgan fingerprint density at radius 2 is 2.08 bits per heavy atom. The molecule has 0 unspecified atom stereocenters. The van der Waals surface area contributed by atoms with Crippen molar-refractivity contribution in [2.45, 2.75) is 33.1 Å². The molecule has 3 N–H and O–H groups in total. The van der Waals surface area contributed by atoms with Gasteiger partial charge in [0.1, 0.15) is 17.4 Å². The Bertz CT molecular complexity index is 631. The van der Waals surface area contributed by atoms with Crippen LogP contribution in [0.25, 0.3) is 5.70 Å². The van der Waals surface area contributed by atoms with Gasteiger partial charge in [0.2, 0.25) is 0 Å². The minimum atomic E-state index is 0.693. The third kappa shape index (κ3) is 4.10. The summed E-state index contributed by atoms with van der Waals surface area (Å²) in [4.78, 5) is 6.35. The zero-order valence-electron chi connectivity index (χ0n) is 14.9. The average Bonchev–Trinajstić information content (AvgIpc) is 3.01. The molecule has 1 aliphatic rings. The number of unbranched alkanes of at least 4 members (excludes halogenated alkanes) is 1.